The second kappa shape index (κ2) is 6.95. The van der Waals surface area contributed by atoms with Gasteiger partial charge in [0.25, 0.3) is 0 Å². The van der Waals surface area contributed by atoms with Crippen LogP contribution in [0.15, 0.2) is 47.6 Å². The smallest absolute Gasteiger partial charge is 0.210 e. The largest absolute Gasteiger partial charge is 0.467 e. The number of ether oxygens (including phenoxy) is 2. The fourth-order valence-corrected chi connectivity index (χ4v) is 3.75. The van der Waals surface area contributed by atoms with Crippen LogP contribution in [0.3, 0.4) is 0 Å². The lowest BCUT2D eigenvalue weighted by Crippen LogP contribution is -2.13. The first kappa shape index (κ1) is 16.3. The topological polar surface area (TPSA) is 75.2 Å². The van der Waals surface area contributed by atoms with Crippen molar-refractivity contribution in [3.8, 4) is 17.1 Å². The van der Waals surface area contributed by atoms with Crippen LogP contribution in [0.5, 0.6) is 5.75 Å². The van der Waals surface area contributed by atoms with Gasteiger partial charge in [0.15, 0.2) is 12.6 Å². The Balaban J connectivity index is 1.57. The molecule has 25 heavy (non-hydrogen) atoms. The second-order valence-corrected chi connectivity index (χ2v) is 6.87. The molecule has 128 valence electrons. The normalized spacial score (nSPS) is 13.3. The summed E-state index contributed by atoms with van der Waals surface area (Å²) in [7, 11) is 0. The Morgan fingerprint density at radius 3 is 2.88 bits per heavy atom. The predicted octanol–water partition coefficient (Wildman–Crippen LogP) is 3.47. The molecule has 4 rings (SSSR count). The van der Waals surface area contributed by atoms with Gasteiger partial charge >= 0.3 is 0 Å². The minimum atomic E-state index is 0.248. The molecule has 1 aromatic heterocycles. The van der Waals surface area contributed by atoms with E-state index >= 15 is 0 Å². The highest BCUT2D eigenvalue weighted by atomic mass is 35.5. The van der Waals surface area contributed by atoms with Crippen molar-refractivity contribution in [2.24, 2.45) is 0 Å². The van der Waals surface area contributed by atoms with Gasteiger partial charge in [-0.1, -0.05) is 53.7 Å². The number of benzene rings is 2. The molecular formula is C17H15ClN4O2S. The van der Waals surface area contributed by atoms with Gasteiger partial charge in [0.2, 0.25) is 5.16 Å². The first-order valence-corrected chi connectivity index (χ1v) is 8.99. The Morgan fingerprint density at radius 2 is 2.04 bits per heavy atom. The van der Waals surface area contributed by atoms with Crippen molar-refractivity contribution < 1.29 is 9.47 Å². The van der Waals surface area contributed by atoms with Crippen LogP contribution in [-0.4, -0.2) is 21.7 Å². The van der Waals surface area contributed by atoms with E-state index in [1.54, 1.807) is 0 Å². The van der Waals surface area contributed by atoms with Crippen LogP contribution in [-0.2, 0) is 17.1 Å². The fourth-order valence-electron chi connectivity index (χ4n) is 2.67. The molecule has 3 aromatic rings. The quantitative estimate of drug-likeness (QED) is 0.556. The number of nitrogen functional groups attached to an aromatic ring is 1. The molecule has 1 aliphatic rings. The summed E-state index contributed by atoms with van der Waals surface area (Å²) in [5, 5.41) is 9.67. The van der Waals surface area contributed by atoms with Crippen molar-refractivity contribution in [1.82, 2.24) is 14.9 Å². The molecule has 2 N–H and O–H groups in total. The molecule has 0 saturated carbocycles. The summed E-state index contributed by atoms with van der Waals surface area (Å²) >= 11 is 7.68. The number of fused-ring (bicyclic) bond motifs is 1. The van der Waals surface area contributed by atoms with E-state index in [0.29, 0.717) is 28.4 Å². The molecule has 0 atom stereocenters. The Hall–Kier alpha value is -2.22. The minimum absolute atomic E-state index is 0.248. The number of nitrogens with two attached hydrogens (primary N) is 1. The monoisotopic (exact) mass is 374 g/mol. The molecule has 2 heterocycles. The van der Waals surface area contributed by atoms with E-state index in [1.807, 2.05) is 42.5 Å². The summed E-state index contributed by atoms with van der Waals surface area (Å²) in [6, 6.07) is 13.5. The van der Waals surface area contributed by atoms with Crippen molar-refractivity contribution in [2.75, 3.05) is 12.6 Å². The highest BCUT2D eigenvalue weighted by Gasteiger charge is 2.18. The van der Waals surface area contributed by atoms with E-state index in [2.05, 4.69) is 10.2 Å². The zero-order valence-electron chi connectivity index (χ0n) is 13.2. The molecule has 0 saturated heterocycles. The molecule has 0 unspecified atom stereocenters. The maximum Gasteiger partial charge on any atom is 0.210 e. The SMILES string of the molecule is Nn1c(SCc2cc(Cl)cc3c2OCOC3)nnc1-c1ccccc1. The van der Waals surface area contributed by atoms with Crippen molar-refractivity contribution in [3.05, 3.63) is 58.6 Å². The number of hydrogen-bond donors (Lipinski definition) is 1. The third kappa shape index (κ3) is 3.30. The minimum Gasteiger partial charge on any atom is -0.467 e. The van der Waals surface area contributed by atoms with E-state index in [4.69, 9.17) is 26.9 Å². The van der Waals surface area contributed by atoms with E-state index in [0.717, 1.165) is 22.4 Å². The summed E-state index contributed by atoms with van der Waals surface area (Å²) < 4.78 is 12.4. The number of aromatic nitrogens is 3. The van der Waals surface area contributed by atoms with Crippen molar-refractivity contribution in [1.29, 1.82) is 0 Å². The molecule has 0 aliphatic carbocycles. The maximum absolute atomic E-state index is 6.20. The van der Waals surface area contributed by atoms with Crippen LogP contribution in [0.25, 0.3) is 11.4 Å². The van der Waals surface area contributed by atoms with E-state index in [9.17, 15) is 0 Å². The van der Waals surface area contributed by atoms with Crippen molar-refractivity contribution in [2.45, 2.75) is 17.5 Å². The lowest BCUT2D eigenvalue weighted by atomic mass is 10.1. The number of nitrogens with zero attached hydrogens (tertiary/aromatic N) is 3. The van der Waals surface area contributed by atoms with Crippen LogP contribution in [0, 0.1) is 0 Å². The zero-order chi connectivity index (χ0) is 17.2. The van der Waals surface area contributed by atoms with Gasteiger partial charge in [-0.25, -0.2) is 4.68 Å². The molecule has 0 spiro atoms. The van der Waals surface area contributed by atoms with E-state index < -0.39 is 0 Å². The van der Waals surface area contributed by atoms with Gasteiger partial charge in [0.05, 0.1) is 6.61 Å². The first-order chi connectivity index (χ1) is 12.2. The van der Waals surface area contributed by atoms with Crippen LogP contribution in [0.1, 0.15) is 11.1 Å². The maximum atomic E-state index is 6.20. The average molecular weight is 375 g/mol. The van der Waals surface area contributed by atoms with Gasteiger partial charge in [0.1, 0.15) is 5.75 Å². The van der Waals surface area contributed by atoms with Gasteiger partial charge in [-0.2, -0.15) is 0 Å². The summed E-state index contributed by atoms with van der Waals surface area (Å²) in [6.45, 7) is 0.746. The Kier molecular flexibility index (Phi) is 4.52. The number of halogens is 1. The molecule has 8 heteroatoms. The zero-order valence-corrected chi connectivity index (χ0v) is 14.8. The number of thioether (sulfide) groups is 1. The van der Waals surface area contributed by atoms with Crippen LogP contribution < -0.4 is 10.6 Å². The van der Waals surface area contributed by atoms with Crippen molar-refractivity contribution >= 4 is 23.4 Å². The van der Waals surface area contributed by atoms with Crippen LogP contribution in [0.4, 0.5) is 0 Å². The molecule has 0 radical (unpaired) electrons. The fraction of sp³-hybridized carbons (Fsp3) is 0.176. The van der Waals surface area contributed by atoms with Gasteiger partial charge in [-0.05, 0) is 12.1 Å². The average Bonchev–Trinajstić information content (AvgIpc) is 3.01. The Bertz CT molecular complexity index is 901. The highest BCUT2D eigenvalue weighted by Crippen LogP contribution is 2.35. The summed E-state index contributed by atoms with van der Waals surface area (Å²) in [5.74, 6) is 8.23. The Morgan fingerprint density at radius 1 is 1.20 bits per heavy atom. The molecule has 2 aromatic carbocycles. The van der Waals surface area contributed by atoms with E-state index in [1.165, 1.54) is 16.4 Å². The standard InChI is InChI=1S/C17H15ClN4O2S/c18-14-6-12-8-23-10-24-15(12)13(7-14)9-25-17-21-20-16(22(17)19)11-4-2-1-3-5-11/h1-7H,8-10,19H2. The molecule has 0 bridgehead atoms. The number of hydrogen-bond acceptors (Lipinski definition) is 6. The van der Waals surface area contributed by atoms with Gasteiger partial charge in [-0.3, -0.25) is 0 Å². The third-order valence-corrected chi connectivity index (χ3v) is 5.02. The summed E-state index contributed by atoms with van der Waals surface area (Å²) in [5.41, 5.74) is 2.86. The molecule has 0 fully saturated rings. The summed E-state index contributed by atoms with van der Waals surface area (Å²) in [4.78, 5) is 0. The lowest BCUT2D eigenvalue weighted by molar-refractivity contribution is -0.0168. The third-order valence-electron chi connectivity index (χ3n) is 3.80. The van der Waals surface area contributed by atoms with Gasteiger partial charge in [0, 0.05) is 27.5 Å². The van der Waals surface area contributed by atoms with E-state index in [-0.39, 0.29) is 6.79 Å². The van der Waals surface area contributed by atoms with Crippen LogP contribution >= 0.6 is 23.4 Å². The highest BCUT2D eigenvalue weighted by molar-refractivity contribution is 7.98. The Labute approximate surface area is 153 Å². The lowest BCUT2D eigenvalue weighted by Gasteiger charge is -2.20. The first-order valence-electron chi connectivity index (χ1n) is 7.63. The predicted molar refractivity (Wildman–Crippen MR) is 96.9 cm³/mol. The molecular weight excluding hydrogens is 360 g/mol. The van der Waals surface area contributed by atoms with Crippen LogP contribution in [0.2, 0.25) is 5.02 Å². The van der Waals surface area contributed by atoms with Gasteiger partial charge < -0.3 is 15.3 Å². The van der Waals surface area contributed by atoms with Crippen molar-refractivity contribution in [3.63, 3.8) is 0 Å². The molecule has 1 aliphatic heterocycles. The molecule has 6 nitrogen and oxygen atoms in total. The molecule has 0 amide bonds. The summed E-state index contributed by atoms with van der Waals surface area (Å²) in [6.07, 6.45) is 0. The second-order valence-electron chi connectivity index (χ2n) is 5.49. The van der Waals surface area contributed by atoms with Gasteiger partial charge in [-0.15, -0.1) is 10.2 Å². The number of rotatable bonds is 4.